The zero-order valence-corrected chi connectivity index (χ0v) is 11.4. The van der Waals surface area contributed by atoms with Crippen molar-refractivity contribution in [1.29, 1.82) is 0 Å². The first-order valence-electron chi connectivity index (χ1n) is 6.59. The van der Waals surface area contributed by atoms with Crippen LogP contribution in [0.4, 0.5) is 0 Å². The van der Waals surface area contributed by atoms with E-state index in [2.05, 4.69) is 0 Å². The summed E-state index contributed by atoms with van der Waals surface area (Å²) in [6.45, 7) is 6.17. The molecule has 1 rings (SSSR count). The van der Waals surface area contributed by atoms with Crippen molar-refractivity contribution >= 4 is 11.9 Å². The van der Waals surface area contributed by atoms with Crippen LogP contribution in [0.15, 0.2) is 0 Å². The van der Waals surface area contributed by atoms with Gasteiger partial charge < -0.3 is 14.7 Å². The van der Waals surface area contributed by atoms with E-state index in [0.29, 0.717) is 19.4 Å². The van der Waals surface area contributed by atoms with E-state index >= 15 is 0 Å². The van der Waals surface area contributed by atoms with Gasteiger partial charge in [0, 0.05) is 18.6 Å². The fourth-order valence-electron chi connectivity index (χ4n) is 2.27. The number of hydrogen-bond donors (Lipinski definition) is 1. The number of ether oxygens (including phenoxy) is 1. The standard InChI is InChI=1S/C13H23NO4/c1-4-9(2)14(8-12(15)16)13(17)11-5-6-18-10(3)7-11/h9-11H,4-8H2,1-3H3,(H,15,16). The number of rotatable bonds is 5. The summed E-state index contributed by atoms with van der Waals surface area (Å²) < 4.78 is 5.42. The van der Waals surface area contributed by atoms with Crippen molar-refractivity contribution < 1.29 is 19.4 Å². The number of hydrogen-bond acceptors (Lipinski definition) is 3. The summed E-state index contributed by atoms with van der Waals surface area (Å²) >= 11 is 0. The number of nitrogens with zero attached hydrogens (tertiary/aromatic N) is 1. The van der Waals surface area contributed by atoms with Gasteiger partial charge in [0.1, 0.15) is 6.54 Å². The van der Waals surface area contributed by atoms with Crippen LogP contribution in [-0.4, -0.2) is 47.2 Å². The third-order valence-corrected chi connectivity index (χ3v) is 3.55. The van der Waals surface area contributed by atoms with Gasteiger partial charge in [-0.1, -0.05) is 6.92 Å². The lowest BCUT2D eigenvalue weighted by Crippen LogP contribution is -2.46. The molecule has 0 aromatic heterocycles. The Morgan fingerprint density at radius 3 is 2.67 bits per heavy atom. The van der Waals surface area contributed by atoms with Gasteiger partial charge in [0.25, 0.3) is 0 Å². The van der Waals surface area contributed by atoms with Crippen molar-refractivity contribution in [3.05, 3.63) is 0 Å². The molecule has 3 unspecified atom stereocenters. The topological polar surface area (TPSA) is 66.8 Å². The molecule has 1 aliphatic heterocycles. The molecule has 0 radical (unpaired) electrons. The zero-order chi connectivity index (χ0) is 13.7. The number of carbonyl (C=O) groups excluding carboxylic acids is 1. The van der Waals surface area contributed by atoms with Gasteiger partial charge in [0.15, 0.2) is 0 Å². The zero-order valence-electron chi connectivity index (χ0n) is 11.4. The molecule has 1 fully saturated rings. The molecule has 0 bridgehead atoms. The first kappa shape index (κ1) is 15.0. The molecule has 1 heterocycles. The molecule has 5 nitrogen and oxygen atoms in total. The average molecular weight is 257 g/mol. The summed E-state index contributed by atoms with van der Waals surface area (Å²) in [4.78, 5) is 24.7. The maximum Gasteiger partial charge on any atom is 0.323 e. The molecule has 0 aromatic rings. The summed E-state index contributed by atoms with van der Waals surface area (Å²) in [7, 11) is 0. The lowest BCUT2D eigenvalue weighted by molar-refractivity contribution is -0.150. The smallest absolute Gasteiger partial charge is 0.323 e. The number of carboxylic acids is 1. The van der Waals surface area contributed by atoms with Crippen LogP contribution in [0.2, 0.25) is 0 Å². The molecule has 1 saturated heterocycles. The van der Waals surface area contributed by atoms with Crippen LogP contribution in [0.25, 0.3) is 0 Å². The molecular formula is C13H23NO4. The Hall–Kier alpha value is -1.10. The third kappa shape index (κ3) is 3.98. The fraction of sp³-hybridized carbons (Fsp3) is 0.846. The molecule has 1 N–H and O–H groups in total. The fourth-order valence-corrected chi connectivity index (χ4v) is 2.27. The van der Waals surface area contributed by atoms with Crippen LogP contribution in [-0.2, 0) is 14.3 Å². The summed E-state index contributed by atoms with van der Waals surface area (Å²) in [5, 5.41) is 8.91. The number of amides is 1. The summed E-state index contributed by atoms with van der Waals surface area (Å²) in [6, 6.07) is -0.0354. The lowest BCUT2D eigenvalue weighted by atomic mass is 9.94. The third-order valence-electron chi connectivity index (χ3n) is 3.55. The Bertz CT molecular complexity index is 305. The monoisotopic (exact) mass is 257 g/mol. The maximum absolute atomic E-state index is 12.4. The van der Waals surface area contributed by atoms with Gasteiger partial charge in [-0.3, -0.25) is 9.59 Å². The van der Waals surface area contributed by atoms with Crippen LogP contribution in [0, 0.1) is 5.92 Å². The highest BCUT2D eigenvalue weighted by Crippen LogP contribution is 2.23. The molecule has 0 aliphatic carbocycles. The minimum atomic E-state index is -0.955. The number of carbonyl (C=O) groups is 2. The Morgan fingerprint density at radius 2 is 2.17 bits per heavy atom. The molecular weight excluding hydrogens is 234 g/mol. The summed E-state index contributed by atoms with van der Waals surface area (Å²) in [6.07, 6.45) is 2.22. The molecule has 18 heavy (non-hydrogen) atoms. The van der Waals surface area contributed by atoms with Crippen molar-refractivity contribution in [3.63, 3.8) is 0 Å². The summed E-state index contributed by atoms with van der Waals surface area (Å²) in [5.41, 5.74) is 0. The van der Waals surface area contributed by atoms with Crippen LogP contribution in [0.1, 0.15) is 40.0 Å². The van der Waals surface area contributed by atoms with Gasteiger partial charge >= 0.3 is 5.97 Å². The highest BCUT2D eigenvalue weighted by atomic mass is 16.5. The van der Waals surface area contributed by atoms with Crippen molar-refractivity contribution in [2.24, 2.45) is 5.92 Å². The van der Waals surface area contributed by atoms with E-state index in [0.717, 1.165) is 6.42 Å². The van der Waals surface area contributed by atoms with Crippen LogP contribution in [0.3, 0.4) is 0 Å². The van der Waals surface area contributed by atoms with Gasteiger partial charge in [-0.05, 0) is 33.1 Å². The largest absolute Gasteiger partial charge is 0.480 e. The van der Waals surface area contributed by atoms with E-state index in [-0.39, 0.29) is 30.5 Å². The van der Waals surface area contributed by atoms with Gasteiger partial charge in [-0.15, -0.1) is 0 Å². The number of carboxylic acid groups (broad SMARTS) is 1. The van der Waals surface area contributed by atoms with E-state index in [1.165, 1.54) is 4.90 Å². The molecule has 5 heteroatoms. The first-order chi connectivity index (χ1) is 8.45. The van der Waals surface area contributed by atoms with E-state index in [1.54, 1.807) is 0 Å². The minimum Gasteiger partial charge on any atom is -0.480 e. The second kappa shape index (κ2) is 6.73. The molecule has 0 spiro atoms. The van der Waals surface area contributed by atoms with Gasteiger partial charge in [-0.2, -0.15) is 0 Å². The second-order valence-electron chi connectivity index (χ2n) is 5.02. The van der Waals surface area contributed by atoms with Crippen molar-refractivity contribution in [2.75, 3.05) is 13.2 Å². The number of aliphatic carboxylic acids is 1. The van der Waals surface area contributed by atoms with E-state index in [4.69, 9.17) is 9.84 Å². The lowest BCUT2D eigenvalue weighted by Gasteiger charge is -2.34. The van der Waals surface area contributed by atoms with Crippen LogP contribution in [0.5, 0.6) is 0 Å². The quantitative estimate of drug-likeness (QED) is 0.810. The predicted molar refractivity (Wildman–Crippen MR) is 67.2 cm³/mol. The van der Waals surface area contributed by atoms with Crippen LogP contribution < -0.4 is 0 Å². The van der Waals surface area contributed by atoms with E-state index < -0.39 is 5.97 Å². The van der Waals surface area contributed by atoms with E-state index in [1.807, 2.05) is 20.8 Å². The SMILES string of the molecule is CCC(C)N(CC(=O)O)C(=O)C1CCOC(C)C1. The van der Waals surface area contributed by atoms with E-state index in [9.17, 15) is 9.59 Å². The molecule has 0 saturated carbocycles. The Labute approximate surface area is 108 Å². The average Bonchev–Trinajstić information content (AvgIpc) is 2.34. The van der Waals surface area contributed by atoms with Crippen molar-refractivity contribution in [3.8, 4) is 0 Å². The highest BCUT2D eigenvalue weighted by Gasteiger charge is 2.31. The molecule has 1 aliphatic rings. The van der Waals surface area contributed by atoms with Crippen molar-refractivity contribution in [1.82, 2.24) is 4.90 Å². The Morgan fingerprint density at radius 1 is 1.50 bits per heavy atom. The molecule has 0 aromatic carbocycles. The summed E-state index contributed by atoms with van der Waals surface area (Å²) in [5.74, 6) is -1.09. The van der Waals surface area contributed by atoms with Gasteiger partial charge in [0.2, 0.25) is 5.91 Å². The first-order valence-corrected chi connectivity index (χ1v) is 6.59. The second-order valence-corrected chi connectivity index (χ2v) is 5.02. The minimum absolute atomic E-state index is 0.0354. The molecule has 3 atom stereocenters. The highest BCUT2D eigenvalue weighted by molar-refractivity contribution is 5.83. The molecule has 104 valence electrons. The Balaban J connectivity index is 2.71. The normalized spacial score (nSPS) is 25.5. The predicted octanol–water partition coefficient (Wildman–Crippen LogP) is 1.51. The van der Waals surface area contributed by atoms with Gasteiger partial charge in [-0.25, -0.2) is 0 Å². The van der Waals surface area contributed by atoms with Crippen LogP contribution >= 0.6 is 0 Å². The Kier molecular flexibility index (Phi) is 5.59. The van der Waals surface area contributed by atoms with Gasteiger partial charge in [0.05, 0.1) is 6.10 Å². The van der Waals surface area contributed by atoms with Crippen molar-refractivity contribution in [2.45, 2.75) is 52.2 Å². The molecule has 1 amide bonds. The maximum atomic E-state index is 12.4.